The first kappa shape index (κ1) is 15.3. The van der Waals surface area contributed by atoms with E-state index in [1.807, 2.05) is 48.5 Å². The lowest BCUT2D eigenvalue weighted by Gasteiger charge is -2.13. The molecule has 5 nitrogen and oxygen atoms in total. The fraction of sp³-hybridized carbons (Fsp3) is 0.176. The number of carbonyl (C=O) groups is 1. The molecule has 0 spiro atoms. The average Bonchev–Trinajstić information content (AvgIpc) is 2.96. The number of anilines is 1. The Balaban J connectivity index is 1.69. The molecule has 0 aliphatic carbocycles. The molecular formula is C17H16N2O3S. The van der Waals surface area contributed by atoms with Gasteiger partial charge in [-0.05, 0) is 37.3 Å². The van der Waals surface area contributed by atoms with E-state index in [2.05, 4.69) is 10.3 Å². The van der Waals surface area contributed by atoms with Crippen molar-refractivity contribution in [2.75, 3.05) is 12.4 Å². The van der Waals surface area contributed by atoms with E-state index in [1.54, 1.807) is 14.0 Å². The third kappa shape index (κ3) is 3.60. The Morgan fingerprint density at radius 2 is 1.96 bits per heavy atom. The van der Waals surface area contributed by atoms with Crippen LogP contribution in [-0.4, -0.2) is 24.1 Å². The quantitative estimate of drug-likeness (QED) is 0.775. The molecule has 1 aromatic heterocycles. The highest BCUT2D eigenvalue weighted by atomic mass is 32.1. The summed E-state index contributed by atoms with van der Waals surface area (Å²) in [6, 6.07) is 14.8. The van der Waals surface area contributed by atoms with Crippen molar-refractivity contribution >= 4 is 32.6 Å². The number of carbonyl (C=O) groups excluding carboxylic acids is 1. The zero-order valence-electron chi connectivity index (χ0n) is 12.8. The average molecular weight is 328 g/mol. The van der Waals surface area contributed by atoms with E-state index in [0.29, 0.717) is 10.9 Å². The van der Waals surface area contributed by atoms with Gasteiger partial charge in [0.2, 0.25) is 0 Å². The Bertz CT molecular complexity index is 817. The molecule has 1 atom stereocenters. The third-order valence-electron chi connectivity index (χ3n) is 3.25. The van der Waals surface area contributed by atoms with Gasteiger partial charge in [0.15, 0.2) is 11.2 Å². The summed E-state index contributed by atoms with van der Waals surface area (Å²) in [7, 11) is 1.62. The van der Waals surface area contributed by atoms with Crippen molar-refractivity contribution in [1.82, 2.24) is 4.98 Å². The molecule has 2 aromatic carbocycles. The number of thiazole rings is 1. The van der Waals surface area contributed by atoms with Crippen LogP contribution in [0.3, 0.4) is 0 Å². The summed E-state index contributed by atoms with van der Waals surface area (Å²) in [6.07, 6.45) is -0.612. The van der Waals surface area contributed by atoms with Crippen LogP contribution in [0, 0.1) is 0 Å². The highest BCUT2D eigenvalue weighted by Gasteiger charge is 2.16. The lowest BCUT2D eigenvalue weighted by Crippen LogP contribution is -2.30. The number of ether oxygens (including phenoxy) is 2. The van der Waals surface area contributed by atoms with E-state index in [4.69, 9.17) is 9.47 Å². The molecule has 0 bridgehead atoms. The second-order valence-corrected chi connectivity index (χ2v) is 5.95. The molecule has 1 N–H and O–H groups in total. The van der Waals surface area contributed by atoms with Crippen LogP contribution in [0.25, 0.3) is 10.2 Å². The van der Waals surface area contributed by atoms with Gasteiger partial charge in [0.1, 0.15) is 11.5 Å². The van der Waals surface area contributed by atoms with Crippen LogP contribution in [0.15, 0.2) is 48.5 Å². The topological polar surface area (TPSA) is 60.5 Å². The first-order chi connectivity index (χ1) is 11.2. The Hall–Kier alpha value is -2.60. The van der Waals surface area contributed by atoms with Crippen LogP contribution in [0.2, 0.25) is 0 Å². The molecule has 0 saturated heterocycles. The minimum absolute atomic E-state index is 0.236. The SMILES string of the molecule is COc1ccc2nc(NC(=O)[C@@H](C)Oc3ccccc3)sc2c1. The number of methoxy groups -OCH3 is 1. The minimum Gasteiger partial charge on any atom is -0.497 e. The summed E-state index contributed by atoms with van der Waals surface area (Å²) in [5, 5.41) is 3.33. The molecule has 0 aliphatic heterocycles. The fourth-order valence-electron chi connectivity index (χ4n) is 2.05. The number of amides is 1. The molecule has 23 heavy (non-hydrogen) atoms. The molecule has 1 heterocycles. The third-order valence-corrected chi connectivity index (χ3v) is 4.18. The molecule has 0 aliphatic rings. The number of nitrogens with zero attached hydrogens (tertiary/aromatic N) is 1. The Morgan fingerprint density at radius 1 is 1.17 bits per heavy atom. The fourth-order valence-corrected chi connectivity index (χ4v) is 2.95. The Kier molecular flexibility index (Phi) is 4.43. The zero-order valence-corrected chi connectivity index (χ0v) is 13.6. The first-order valence-electron chi connectivity index (χ1n) is 7.13. The Labute approximate surface area is 137 Å². The number of benzene rings is 2. The van der Waals surface area contributed by atoms with Gasteiger partial charge in [0, 0.05) is 0 Å². The summed E-state index contributed by atoms with van der Waals surface area (Å²) < 4.78 is 11.7. The van der Waals surface area contributed by atoms with Crippen molar-refractivity contribution in [2.45, 2.75) is 13.0 Å². The second-order valence-electron chi connectivity index (χ2n) is 4.92. The van der Waals surface area contributed by atoms with Gasteiger partial charge in [0.05, 0.1) is 17.3 Å². The number of aromatic nitrogens is 1. The van der Waals surface area contributed by atoms with Gasteiger partial charge >= 0.3 is 0 Å². The lowest BCUT2D eigenvalue weighted by molar-refractivity contribution is -0.122. The van der Waals surface area contributed by atoms with E-state index in [9.17, 15) is 4.79 Å². The van der Waals surface area contributed by atoms with Gasteiger partial charge in [0.25, 0.3) is 5.91 Å². The highest BCUT2D eigenvalue weighted by Crippen LogP contribution is 2.29. The van der Waals surface area contributed by atoms with Gasteiger partial charge in [-0.2, -0.15) is 0 Å². The molecular weight excluding hydrogens is 312 g/mol. The molecule has 3 aromatic rings. The maximum absolute atomic E-state index is 12.2. The Morgan fingerprint density at radius 3 is 2.70 bits per heavy atom. The van der Waals surface area contributed by atoms with Crippen LogP contribution < -0.4 is 14.8 Å². The number of hydrogen-bond acceptors (Lipinski definition) is 5. The predicted molar refractivity (Wildman–Crippen MR) is 91.3 cm³/mol. The van der Waals surface area contributed by atoms with Crippen LogP contribution in [0.1, 0.15) is 6.92 Å². The normalized spacial score (nSPS) is 11.9. The van der Waals surface area contributed by atoms with E-state index in [1.165, 1.54) is 11.3 Å². The van der Waals surface area contributed by atoms with Crippen LogP contribution >= 0.6 is 11.3 Å². The van der Waals surface area contributed by atoms with Crippen LogP contribution in [0.5, 0.6) is 11.5 Å². The molecule has 0 radical (unpaired) electrons. The predicted octanol–water partition coefficient (Wildman–Crippen LogP) is 3.71. The van der Waals surface area contributed by atoms with E-state index >= 15 is 0 Å². The number of nitrogens with one attached hydrogen (secondary N) is 1. The van der Waals surface area contributed by atoms with Gasteiger partial charge in [-0.15, -0.1) is 0 Å². The van der Waals surface area contributed by atoms with Crippen LogP contribution in [0.4, 0.5) is 5.13 Å². The largest absolute Gasteiger partial charge is 0.497 e. The van der Waals surface area contributed by atoms with Crippen molar-refractivity contribution in [3.05, 3.63) is 48.5 Å². The van der Waals surface area contributed by atoms with Gasteiger partial charge in [-0.3, -0.25) is 10.1 Å². The van der Waals surface area contributed by atoms with Gasteiger partial charge in [-0.1, -0.05) is 29.5 Å². The van der Waals surface area contributed by atoms with Crippen molar-refractivity contribution in [3.63, 3.8) is 0 Å². The summed E-state index contributed by atoms with van der Waals surface area (Å²) in [5.41, 5.74) is 0.822. The number of para-hydroxylation sites is 1. The second kappa shape index (κ2) is 6.66. The van der Waals surface area contributed by atoms with Crippen LogP contribution in [-0.2, 0) is 4.79 Å². The maximum atomic E-state index is 12.2. The molecule has 3 rings (SSSR count). The number of fused-ring (bicyclic) bond motifs is 1. The standard InChI is InChI=1S/C17H16N2O3S/c1-11(22-12-6-4-3-5-7-12)16(20)19-17-18-14-9-8-13(21-2)10-15(14)23-17/h3-11H,1-2H3,(H,18,19,20)/t11-/m1/s1. The molecule has 118 valence electrons. The molecule has 1 amide bonds. The summed E-state index contributed by atoms with van der Waals surface area (Å²) in [4.78, 5) is 16.6. The molecule has 0 unspecified atom stereocenters. The number of rotatable bonds is 5. The van der Waals surface area contributed by atoms with E-state index < -0.39 is 6.10 Å². The summed E-state index contributed by atoms with van der Waals surface area (Å²) in [5.74, 6) is 1.18. The highest BCUT2D eigenvalue weighted by molar-refractivity contribution is 7.22. The van der Waals surface area contributed by atoms with Gasteiger partial charge in [-0.25, -0.2) is 4.98 Å². The smallest absolute Gasteiger partial charge is 0.266 e. The zero-order chi connectivity index (χ0) is 16.2. The minimum atomic E-state index is -0.612. The monoisotopic (exact) mass is 328 g/mol. The lowest BCUT2D eigenvalue weighted by atomic mass is 10.3. The van der Waals surface area contributed by atoms with E-state index in [0.717, 1.165) is 16.0 Å². The van der Waals surface area contributed by atoms with Crippen molar-refractivity contribution in [3.8, 4) is 11.5 Å². The van der Waals surface area contributed by atoms with E-state index in [-0.39, 0.29) is 5.91 Å². The first-order valence-corrected chi connectivity index (χ1v) is 7.94. The maximum Gasteiger partial charge on any atom is 0.266 e. The van der Waals surface area contributed by atoms with Crippen molar-refractivity contribution in [1.29, 1.82) is 0 Å². The van der Waals surface area contributed by atoms with Crippen molar-refractivity contribution < 1.29 is 14.3 Å². The molecule has 0 saturated carbocycles. The summed E-state index contributed by atoms with van der Waals surface area (Å²) >= 11 is 1.40. The van der Waals surface area contributed by atoms with Gasteiger partial charge < -0.3 is 9.47 Å². The number of hydrogen-bond donors (Lipinski definition) is 1. The molecule has 6 heteroatoms. The molecule has 0 fully saturated rings. The summed E-state index contributed by atoms with van der Waals surface area (Å²) in [6.45, 7) is 1.71. The van der Waals surface area contributed by atoms with Crippen molar-refractivity contribution in [2.24, 2.45) is 0 Å².